The van der Waals surface area contributed by atoms with Crippen molar-refractivity contribution in [1.29, 1.82) is 0 Å². The van der Waals surface area contributed by atoms with Crippen LogP contribution in [-0.2, 0) is 4.79 Å². The molecule has 2 aromatic heterocycles. The molecule has 29 heavy (non-hydrogen) atoms. The number of likely N-dealkylation sites (tertiary alicyclic amines) is 1. The van der Waals surface area contributed by atoms with Crippen LogP contribution in [0.2, 0.25) is 0 Å². The number of amides is 1. The number of aromatic nitrogens is 3. The third-order valence-electron chi connectivity index (χ3n) is 5.54. The lowest BCUT2D eigenvalue weighted by Gasteiger charge is -2.22. The first-order chi connectivity index (χ1) is 14.2. The van der Waals surface area contributed by atoms with Gasteiger partial charge >= 0.3 is 0 Å². The molecule has 0 N–H and O–H groups in total. The van der Waals surface area contributed by atoms with Crippen LogP contribution in [0.1, 0.15) is 29.2 Å². The summed E-state index contributed by atoms with van der Waals surface area (Å²) in [4.78, 5) is 15.4. The number of pyridine rings is 1. The van der Waals surface area contributed by atoms with Crippen molar-refractivity contribution in [3.05, 3.63) is 71.8 Å². The van der Waals surface area contributed by atoms with E-state index in [1.165, 1.54) is 22.7 Å². The van der Waals surface area contributed by atoms with Gasteiger partial charge in [0, 0.05) is 18.5 Å². The molecule has 0 spiro atoms. The average Bonchev–Trinajstić information content (AvgIpc) is 3.43. The molecule has 2 aromatic carbocycles. The largest absolute Gasteiger partial charge is 0.341 e. The predicted molar refractivity (Wildman–Crippen MR) is 116 cm³/mol. The van der Waals surface area contributed by atoms with Crippen molar-refractivity contribution in [1.82, 2.24) is 19.5 Å². The first-order valence-corrected chi connectivity index (χ1v) is 10.8. The number of nitrogens with zero attached hydrogens (tertiary/aromatic N) is 4. The number of carbonyl (C=O) groups excluding carboxylic acids is 1. The van der Waals surface area contributed by atoms with Crippen molar-refractivity contribution >= 4 is 34.2 Å². The number of hydrogen-bond acceptors (Lipinski definition) is 4. The minimum absolute atomic E-state index is 0.159. The zero-order chi connectivity index (χ0) is 19.8. The van der Waals surface area contributed by atoms with Gasteiger partial charge in [-0.15, -0.1) is 10.2 Å². The summed E-state index contributed by atoms with van der Waals surface area (Å²) >= 11 is 1.49. The molecule has 0 unspecified atom stereocenters. The number of thioether (sulfide) groups is 1. The Labute approximate surface area is 173 Å². The van der Waals surface area contributed by atoms with E-state index >= 15 is 0 Å². The normalized spacial score (nSPS) is 15.3. The summed E-state index contributed by atoms with van der Waals surface area (Å²) in [5, 5.41) is 10.5. The van der Waals surface area contributed by atoms with Gasteiger partial charge in [-0.25, -0.2) is 0 Å². The Hall–Kier alpha value is -2.86. The third kappa shape index (κ3) is 3.27. The summed E-state index contributed by atoms with van der Waals surface area (Å²) in [5.41, 5.74) is 4.05. The van der Waals surface area contributed by atoms with Gasteiger partial charge in [0.05, 0.1) is 5.52 Å². The molecule has 4 aromatic rings. The van der Waals surface area contributed by atoms with Crippen LogP contribution < -0.4 is 0 Å². The molecule has 1 amide bonds. The topological polar surface area (TPSA) is 50.5 Å². The molecule has 0 aliphatic carbocycles. The highest BCUT2D eigenvalue weighted by atomic mass is 32.2. The van der Waals surface area contributed by atoms with E-state index in [-0.39, 0.29) is 11.2 Å². The van der Waals surface area contributed by atoms with Gasteiger partial charge in [-0.2, -0.15) is 0 Å². The molecule has 0 bridgehead atoms. The maximum absolute atomic E-state index is 13.4. The fourth-order valence-corrected chi connectivity index (χ4v) is 5.19. The van der Waals surface area contributed by atoms with Crippen LogP contribution in [0.4, 0.5) is 0 Å². The second kappa shape index (κ2) is 7.52. The zero-order valence-corrected chi connectivity index (χ0v) is 17.1. The van der Waals surface area contributed by atoms with Crippen LogP contribution in [0, 0.1) is 6.92 Å². The molecule has 1 atom stereocenters. The molecule has 3 heterocycles. The van der Waals surface area contributed by atoms with E-state index in [1.807, 2.05) is 47.4 Å². The van der Waals surface area contributed by atoms with Crippen LogP contribution in [0.3, 0.4) is 0 Å². The molecule has 5 nitrogen and oxygen atoms in total. The lowest BCUT2D eigenvalue weighted by molar-refractivity contribution is -0.129. The van der Waals surface area contributed by atoms with Crippen molar-refractivity contribution in [2.75, 3.05) is 13.1 Å². The van der Waals surface area contributed by atoms with E-state index in [0.717, 1.165) is 47.8 Å². The monoisotopic (exact) mass is 402 g/mol. The van der Waals surface area contributed by atoms with E-state index < -0.39 is 0 Å². The Morgan fingerprint density at radius 3 is 2.52 bits per heavy atom. The summed E-state index contributed by atoms with van der Waals surface area (Å²) in [5.74, 6) is 0.159. The highest BCUT2D eigenvalue weighted by molar-refractivity contribution is 8.00. The minimum Gasteiger partial charge on any atom is -0.341 e. The highest BCUT2D eigenvalue weighted by Gasteiger charge is 2.30. The number of aryl methyl sites for hydroxylation is 1. The second-order valence-electron chi connectivity index (χ2n) is 7.46. The molecule has 1 aliphatic heterocycles. The van der Waals surface area contributed by atoms with E-state index in [1.54, 1.807) is 0 Å². The summed E-state index contributed by atoms with van der Waals surface area (Å²) < 4.78 is 2.07. The quantitative estimate of drug-likeness (QED) is 0.467. The third-order valence-corrected chi connectivity index (χ3v) is 6.73. The van der Waals surface area contributed by atoms with E-state index in [4.69, 9.17) is 0 Å². The minimum atomic E-state index is -0.332. The number of carbonyl (C=O) groups is 1. The van der Waals surface area contributed by atoms with Crippen molar-refractivity contribution in [3.8, 4) is 0 Å². The molecule has 146 valence electrons. The lowest BCUT2D eigenvalue weighted by atomic mass is 10.1. The molecule has 0 radical (unpaired) electrons. The lowest BCUT2D eigenvalue weighted by Crippen LogP contribution is -2.31. The van der Waals surface area contributed by atoms with Crippen LogP contribution in [0.15, 0.2) is 65.8 Å². The van der Waals surface area contributed by atoms with Gasteiger partial charge in [0.1, 0.15) is 5.25 Å². The second-order valence-corrected chi connectivity index (χ2v) is 8.53. The molecule has 5 rings (SSSR count). The SMILES string of the molecule is Cc1cc2nnc(S[C@H](C(=O)N3CCCC3)c3ccccc3)n2c2ccccc12. The number of rotatable bonds is 4. The first kappa shape index (κ1) is 18.2. The van der Waals surface area contributed by atoms with Gasteiger partial charge in [-0.1, -0.05) is 60.3 Å². The highest BCUT2D eigenvalue weighted by Crippen LogP contribution is 2.38. The Kier molecular flexibility index (Phi) is 4.72. The number of para-hydroxylation sites is 1. The van der Waals surface area contributed by atoms with Gasteiger partial charge in [-0.05, 0) is 43.0 Å². The van der Waals surface area contributed by atoms with E-state index in [9.17, 15) is 4.79 Å². The zero-order valence-electron chi connectivity index (χ0n) is 16.3. The molecule has 1 saturated heterocycles. The van der Waals surface area contributed by atoms with Crippen molar-refractivity contribution in [2.45, 2.75) is 30.2 Å². The maximum Gasteiger partial charge on any atom is 0.240 e. The molecular formula is C23H22N4OS. The Bertz CT molecular complexity index is 1180. The molecule has 6 heteroatoms. The maximum atomic E-state index is 13.4. The summed E-state index contributed by atoms with van der Waals surface area (Å²) in [6, 6.07) is 20.3. The summed E-state index contributed by atoms with van der Waals surface area (Å²) in [7, 11) is 0. The molecule has 1 aliphatic rings. The van der Waals surface area contributed by atoms with E-state index in [2.05, 4.69) is 39.7 Å². The van der Waals surface area contributed by atoms with Crippen molar-refractivity contribution in [3.63, 3.8) is 0 Å². The fourth-order valence-electron chi connectivity index (χ4n) is 4.05. The molecular weight excluding hydrogens is 380 g/mol. The van der Waals surface area contributed by atoms with Crippen molar-refractivity contribution < 1.29 is 4.79 Å². The van der Waals surface area contributed by atoms with Crippen molar-refractivity contribution in [2.24, 2.45) is 0 Å². The van der Waals surface area contributed by atoms with Gasteiger partial charge in [0.15, 0.2) is 10.8 Å². The molecule has 0 saturated carbocycles. The summed E-state index contributed by atoms with van der Waals surface area (Å²) in [6.07, 6.45) is 2.16. The Morgan fingerprint density at radius 2 is 1.72 bits per heavy atom. The fraction of sp³-hybridized carbons (Fsp3) is 0.261. The van der Waals surface area contributed by atoms with Gasteiger partial charge in [0.25, 0.3) is 0 Å². The first-order valence-electron chi connectivity index (χ1n) is 9.96. The number of hydrogen-bond donors (Lipinski definition) is 0. The van der Waals surface area contributed by atoms with Crippen LogP contribution in [0.25, 0.3) is 16.6 Å². The van der Waals surface area contributed by atoms with Crippen LogP contribution in [-0.4, -0.2) is 38.5 Å². The van der Waals surface area contributed by atoms with Gasteiger partial charge in [-0.3, -0.25) is 9.20 Å². The predicted octanol–water partition coefficient (Wildman–Crippen LogP) is 4.65. The smallest absolute Gasteiger partial charge is 0.240 e. The number of benzene rings is 2. The average molecular weight is 403 g/mol. The Balaban J connectivity index is 1.61. The van der Waals surface area contributed by atoms with Crippen LogP contribution in [0.5, 0.6) is 0 Å². The van der Waals surface area contributed by atoms with E-state index in [0.29, 0.717) is 0 Å². The standard InChI is InChI=1S/C23H22N4OS/c1-16-15-20-24-25-23(27(20)19-12-6-5-11-18(16)19)29-21(17-9-3-2-4-10-17)22(28)26-13-7-8-14-26/h2-6,9-12,15,21H,7-8,13-14H2,1H3/t21-/m0/s1. The Morgan fingerprint density at radius 1 is 1.00 bits per heavy atom. The summed E-state index contributed by atoms with van der Waals surface area (Å²) in [6.45, 7) is 3.77. The molecule has 1 fully saturated rings. The van der Waals surface area contributed by atoms with Crippen LogP contribution >= 0.6 is 11.8 Å². The number of fused-ring (bicyclic) bond motifs is 3. The van der Waals surface area contributed by atoms with Gasteiger partial charge < -0.3 is 4.90 Å². The van der Waals surface area contributed by atoms with Gasteiger partial charge in [0.2, 0.25) is 5.91 Å².